The Morgan fingerprint density at radius 3 is 2.82 bits per heavy atom. The highest BCUT2D eigenvalue weighted by atomic mass is 32.2. The van der Waals surface area contributed by atoms with Gasteiger partial charge in [-0.3, -0.25) is 0 Å². The summed E-state index contributed by atoms with van der Waals surface area (Å²) in [6, 6.07) is 5.80. The van der Waals surface area contributed by atoms with E-state index in [1.54, 1.807) is 6.92 Å². The van der Waals surface area contributed by atoms with Crippen molar-refractivity contribution in [3.63, 3.8) is 0 Å². The summed E-state index contributed by atoms with van der Waals surface area (Å²) in [6.07, 6.45) is 1.85. The number of hydrogen-bond acceptors (Lipinski definition) is 3. The average molecular weight is 253 g/mol. The molecule has 1 N–H and O–H groups in total. The van der Waals surface area contributed by atoms with Crippen molar-refractivity contribution in [3.8, 4) is 0 Å². The van der Waals surface area contributed by atoms with E-state index >= 15 is 0 Å². The molecule has 0 spiro atoms. The Bertz CT molecular complexity index is 631. The maximum Gasteiger partial charge on any atom is 0.211 e. The third-order valence-electron chi connectivity index (χ3n) is 2.60. The van der Waals surface area contributed by atoms with Crippen molar-refractivity contribution < 1.29 is 8.42 Å². The van der Waals surface area contributed by atoms with Crippen LogP contribution in [0.4, 0.5) is 0 Å². The number of sulfonamides is 1. The van der Waals surface area contributed by atoms with Gasteiger partial charge in [-0.15, -0.1) is 0 Å². The maximum atomic E-state index is 11.3. The molecule has 2 heterocycles. The van der Waals surface area contributed by atoms with Gasteiger partial charge in [0, 0.05) is 11.9 Å². The normalized spacial score (nSPS) is 12.1. The molecule has 17 heavy (non-hydrogen) atoms. The number of fused-ring (bicyclic) bond motifs is 1. The summed E-state index contributed by atoms with van der Waals surface area (Å²) in [5.74, 6) is 0.0827. The highest BCUT2D eigenvalue weighted by molar-refractivity contribution is 7.89. The fourth-order valence-electron chi connectivity index (χ4n) is 1.57. The highest BCUT2D eigenvalue weighted by Crippen LogP contribution is 2.08. The van der Waals surface area contributed by atoms with Crippen molar-refractivity contribution in [2.45, 2.75) is 20.4 Å². The third-order valence-corrected chi connectivity index (χ3v) is 3.94. The zero-order valence-corrected chi connectivity index (χ0v) is 10.7. The summed E-state index contributed by atoms with van der Waals surface area (Å²) in [7, 11) is -3.16. The first-order valence-electron chi connectivity index (χ1n) is 5.43. The van der Waals surface area contributed by atoms with Gasteiger partial charge >= 0.3 is 0 Å². The second-order valence-electron chi connectivity index (χ2n) is 3.85. The molecule has 2 aromatic rings. The molecule has 2 aromatic heterocycles. The van der Waals surface area contributed by atoms with Crippen molar-refractivity contribution in [3.05, 3.63) is 35.8 Å². The number of rotatable bonds is 4. The monoisotopic (exact) mass is 253 g/mol. The molecule has 0 aliphatic carbocycles. The Labute approximate surface area is 101 Å². The van der Waals surface area contributed by atoms with Gasteiger partial charge in [-0.1, -0.05) is 6.07 Å². The van der Waals surface area contributed by atoms with Crippen LogP contribution in [0, 0.1) is 6.92 Å². The van der Waals surface area contributed by atoms with Gasteiger partial charge in [0.05, 0.1) is 18.0 Å². The van der Waals surface area contributed by atoms with Crippen LogP contribution in [0.1, 0.15) is 18.3 Å². The Balaban J connectivity index is 2.24. The minimum atomic E-state index is -3.16. The van der Waals surface area contributed by atoms with Gasteiger partial charge < -0.3 is 4.40 Å². The van der Waals surface area contributed by atoms with Crippen molar-refractivity contribution >= 4 is 15.7 Å². The lowest BCUT2D eigenvalue weighted by molar-refractivity contribution is 0.582. The molecule has 0 bridgehead atoms. The van der Waals surface area contributed by atoms with Crippen LogP contribution in [0.5, 0.6) is 0 Å². The number of pyridine rings is 1. The van der Waals surface area contributed by atoms with Crippen LogP contribution >= 0.6 is 0 Å². The number of nitrogens with zero attached hydrogens (tertiary/aromatic N) is 2. The van der Waals surface area contributed by atoms with E-state index in [-0.39, 0.29) is 12.3 Å². The zero-order valence-electron chi connectivity index (χ0n) is 9.84. The highest BCUT2D eigenvalue weighted by Gasteiger charge is 2.08. The van der Waals surface area contributed by atoms with E-state index in [9.17, 15) is 8.42 Å². The number of aryl methyl sites for hydroxylation is 1. The van der Waals surface area contributed by atoms with Crippen molar-refractivity contribution in [2.24, 2.45) is 0 Å². The van der Waals surface area contributed by atoms with E-state index in [2.05, 4.69) is 9.71 Å². The maximum absolute atomic E-state index is 11.3. The van der Waals surface area contributed by atoms with Crippen molar-refractivity contribution in [2.75, 3.05) is 5.75 Å². The fourth-order valence-corrected chi connectivity index (χ4v) is 2.14. The lowest BCUT2D eigenvalue weighted by Gasteiger charge is -2.00. The standard InChI is InChI=1S/C11H15N3O2S/c1-3-17(15,16)12-7-10-8-14-9(2)5-4-6-11(14)13-10/h4-6,8,12H,3,7H2,1-2H3. The second-order valence-corrected chi connectivity index (χ2v) is 5.95. The summed E-state index contributed by atoms with van der Waals surface area (Å²) in [5.41, 5.74) is 2.62. The molecule has 0 fully saturated rings. The van der Waals surface area contributed by atoms with Gasteiger partial charge in [-0.05, 0) is 26.0 Å². The average Bonchev–Trinajstić information content (AvgIpc) is 2.71. The van der Waals surface area contributed by atoms with Crippen molar-refractivity contribution in [1.29, 1.82) is 0 Å². The second kappa shape index (κ2) is 4.46. The largest absolute Gasteiger partial charge is 0.304 e. The molecule has 0 saturated heterocycles. The van der Waals surface area contributed by atoms with Crippen LogP contribution in [0.3, 0.4) is 0 Å². The first-order valence-corrected chi connectivity index (χ1v) is 7.08. The molecule has 0 aliphatic heterocycles. The summed E-state index contributed by atoms with van der Waals surface area (Å²) in [4.78, 5) is 4.35. The number of aromatic nitrogens is 2. The Morgan fingerprint density at radius 1 is 1.41 bits per heavy atom. The molecule has 5 nitrogen and oxygen atoms in total. The smallest absolute Gasteiger partial charge is 0.211 e. The summed E-state index contributed by atoms with van der Waals surface area (Å²) in [5, 5.41) is 0. The van der Waals surface area contributed by atoms with Gasteiger partial charge in [0.2, 0.25) is 10.0 Å². The zero-order chi connectivity index (χ0) is 12.5. The van der Waals surface area contributed by atoms with Gasteiger partial charge in [0.1, 0.15) is 5.65 Å². The van der Waals surface area contributed by atoms with E-state index in [4.69, 9.17) is 0 Å². The van der Waals surface area contributed by atoms with Crippen LogP contribution in [-0.4, -0.2) is 23.6 Å². The van der Waals surface area contributed by atoms with Crippen LogP contribution in [-0.2, 0) is 16.6 Å². The van der Waals surface area contributed by atoms with E-state index in [0.717, 1.165) is 17.0 Å². The van der Waals surface area contributed by atoms with Gasteiger partial charge in [-0.25, -0.2) is 18.1 Å². The molecule has 92 valence electrons. The Hall–Kier alpha value is -1.40. The first kappa shape index (κ1) is 12.1. The molecule has 0 saturated carbocycles. The molecule has 0 aliphatic rings. The number of nitrogens with one attached hydrogen (secondary N) is 1. The van der Waals surface area contributed by atoms with E-state index in [1.165, 1.54) is 0 Å². The third kappa shape index (κ3) is 2.65. The minimum absolute atomic E-state index is 0.0827. The molecule has 0 unspecified atom stereocenters. The van der Waals surface area contributed by atoms with Crippen LogP contribution in [0.15, 0.2) is 24.4 Å². The van der Waals surface area contributed by atoms with E-state index in [0.29, 0.717) is 0 Å². The molecule has 2 rings (SSSR count). The van der Waals surface area contributed by atoms with Gasteiger partial charge in [0.25, 0.3) is 0 Å². The van der Waals surface area contributed by atoms with E-state index in [1.807, 2.05) is 35.7 Å². The molecule has 0 aromatic carbocycles. The molecule has 0 atom stereocenters. The molecule has 0 amide bonds. The van der Waals surface area contributed by atoms with Crippen LogP contribution in [0.25, 0.3) is 5.65 Å². The molecular weight excluding hydrogens is 238 g/mol. The van der Waals surface area contributed by atoms with Crippen molar-refractivity contribution in [1.82, 2.24) is 14.1 Å². The predicted molar refractivity (Wildman–Crippen MR) is 66.2 cm³/mol. The molecule has 0 radical (unpaired) electrons. The SMILES string of the molecule is CCS(=O)(=O)NCc1cn2c(C)cccc2n1. The molecular formula is C11H15N3O2S. The van der Waals surface area contributed by atoms with Crippen LogP contribution < -0.4 is 4.72 Å². The summed E-state index contributed by atoms with van der Waals surface area (Å²) >= 11 is 0. The van der Waals surface area contributed by atoms with Gasteiger partial charge in [0.15, 0.2) is 0 Å². The number of imidazole rings is 1. The molecule has 6 heteroatoms. The summed E-state index contributed by atoms with van der Waals surface area (Å²) in [6.45, 7) is 3.82. The Morgan fingerprint density at radius 2 is 2.18 bits per heavy atom. The Kier molecular flexibility index (Phi) is 3.17. The first-order chi connectivity index (χ1) is 8.02. The lowest BCUT2D eigenvalue weighted by atomic mass is 10.4. The van der Waals surface area contributed by atoms with Crippen LogP contribution in [0.2, 0.25) is 0 Å². The minimum Gasteiger partial charge on any atom is -0.304 e. The lowest BCUT2D eigenvalue weighted by Crippen LogP contribution is -2.24. The summed E-state index contributed by atoms with van der Waals surface area (Å²) < 4.78 is 27.1. The van der Waals surface area contributed by atoms with E-state index < -0.39 is 10.0 Å². The fraction of sp³-hybridized carbons (Fsp3) is 0.364. The topological polar surface area (TPSA) is 63.5 Å². The number of hydrogen-bond donors (Lipinski definition) is 1. The quantitative estimate of drug-likeness (QED) is 0.887. The van der Waals surface area contributed by atoms with Gasteiger partial charge in [-0.2, -0.15) is 0 Å². The predicted octanol–water partition coefficient (Wildman–Crippen LogP) is 1.08.